The standard InChI is InChI=1S/C8H9BrN2O2/c1-5(8(10)12)13-6-2-3-7(9)11-4-6/h2-5H,1H3,(H2,10,12). The number of primary amides is 1. The number of nitrogens with two attached hydrogens (primary N) is 1. The smallest absolute Gasteiger partial charge is 0.258 e. The summed E-state index contributed by atoms with van der Waals surface area (Å²) >= 11 is 3.18. The number of amides is 1. The average molecular weight is 245 g/mol. The van der Waals surface area contributed by atoms with Crippen LogP contribution in [0.3, 0.4) is 0 Å². The molecule has 70 valence electrons. The number of hydrogen-bond donors (Lipinski definition) is 1. The van der Waals surface area contributed by atoms with Crippen molar-refractivity contribution in [1.82, 2.24) is 4.98 Å². The molecule has 0 aliphatic heterocycles. The lowest BCUT2D eigenvalue weighted by atomic mass is 10.4. The highest BCUT2D eigenvalue weighted by atomic mass is 79.9. The van der Waals surface area contributed by atoms with E-state index in [1.807, 2.05) is 0 Å². The first-order valence-corrected chi connectivity index (χ1v) is 4.46. The van der Waals surface area contributed by atoms with Crippen molar-refractivity contribution in [1.29, 1.82) is 0 Å². The molecule has 0 saturated carbocycles. The van der Waals surface area contributed by atoms with Crippen molar-refractivity contribution >= 4 is 21.8 Å². The van der Waals surface area contributed by atoms with Gasteiger partial charge in [-0.1, -0.05) is 0 Å². The zero-order chi connectivity index (χ0) is 9.84. The first-order chi connectivity index (χ1) is 6.09. The van der Waals surface area contributed by atoms with Crippen molar-refractivity contribution in [3.05, 3.63) is 22.9 Å². The molecule has 0 aliphatic rings. The zero-order valence-corrected chi connectivity index (χ0v) is 8.61. The van der Waals surface area contributed by atoms with Crippen LogP contribution in [0.4, 0.5) is 0 Å². The van der Waals surface area contributed by atoms with E-state index in [4.69, 9.17) is 10.5 Å². The Hall–Kier alpha value is -1.10. The Labute approximate surface area is 84.2 Å². The monoisotopic (exact) mass is 244 g/mol. The van der Waals surface area contributed by atoms with Crippen LogP contribution < -0.4 is 10.5 Å². The first-order valence-electron chi connectivity index (χ1n) is 3.67. The SMILES string of the molecule is CC(Oc1ccc(Br)nc1)C(N)=O. The summed E-state index contributed by atoms with van der Waals surface area (Å²) in [4.78, 5) is 14.6. The van der Waals surface area contributed by atoms with Gasteiger partial charge in [0.15, 0.2) is 6.10 Å². The number of carbonyl (C=O) groups excluding carboxylic acids is 1. The highest BCUT2D eigenvalue weighted by Crippen LogP contribution is 2.13. The minimum atomic E-state index is -0.636. The molecular formula is C8H9BrN2O2. The van der Waals surface area contributed by atoms with Crippen molar-refractivity contribution in [3.63, 3.8) is 0 Å². The summed E-state index contributed by atoms with van der Waals surface area (Å²) in [6.45, 7) is 1.59. The van der Waals surface area contributed by atoms with Gasteiger partial charge in [0.2, 0.25) is 0 Å². The molecule has 0 spiro atoms. The maximum atomic E-state index is 10.6. The molecule has 0 aromatic carbocycles. The van der Waals surface area contributed by atoms with Crippen LogP contribution in [0.15, 0.2) is 22.9 Å². The summed E-state index contributed by atoms with van der Waals surface area (Å²) in [6.07, 6.45) is 0.881. The van der Waals surface area contributed by atoms with Crippen LogP contribution >= 0.6 is 15.9 Å². The third-order valence-corrected chi connectivity index (χ3v) is 1.88. The van der Waals surface area contributed by atoms with E-state index in [0.29, 0.717) is 10.4 Å². The van der Waals surface area contributed by atoms with Gasteiger partial charge in [-0.3, -0.25) is 4.79 Å². The Kier molecular flexibility index (Phi) is 3.25. The Bertz CT molecular complexity index is 300. The average Bonchev–Trinajstić information content (AvgIpc) is 2.08. The van der Waals surface area contributed by atoms with Crippen LogP contribution in [-0.4, -0.2) is 17.0 Å². The second kappa shape index (κ2) is 4.23. The first kappa shape index (κ1) is 9.98. The summed E-state index contributed by atoms with van der Waals surface area (Å²) < 4.78 is 5.89. The van der Waals surface area contributed by atoms with Gasteiger partial charge in [0, 0.05) is 0 Å². The number of aromatic nitrogens is 1. The molecule has 13 heavy (non-hydrogen) atoms. The highest BCUT2D eigenvalue weighted by Gasteiger charge is 2.09. The summed E-state index contributed by atoms with van der Waals surface area (Å²) in [5.74, 6) is 0.0254. The fourth-order valence-corrected chi connectivity index (χ4v) is 0.929. The van der Waals surface area contributed by atoms with Crippen molar-refractivity contribution in [2.24, 2.45) is 5.73 Å². The number of ether oxygens (including phenoxy) is 1. The van der Waals surface area contributed by atoms with E-state index in [9.17, 15) is 4.79 Å². The predicted molar refractivity (Wildman–Crippen MR) is 51.2 cm³/mol. The second-order valence-corrected chi connectivity index (χ2v) is 3.29. The summed E-state index contributed by atoms with van der Waals surface area (Å²) in [7, 11) is 0. The number of carbonyl (C=O) groups is 1. The Morgan fingerprint density at radius 3 is 2.85 bits per heavy atom. The molecule has 0 bridgehead atoms. The largest absolute Gasteiger partial charge is 0.479 e. The van der Waals surface area contributed by atoms with Gasteiger partial charge in [0.05, 0.1) is 6.20 Å². The van der Waals surface area contributed by atoms with Crippen molar-refractivity contribution in [2.45, 2.75) is 13.0 Å². The second-order valence-electron chi connectivity index (χ2n) is 2.48. The molecule has 1 heterocycles. The van der Waals surface area contributed by atoms with E-state index >= 15 is 0 Å². The Morgan fingerprint density at radius 1 is 1.69 bits per heavy atom. The molecule has 0 radical (unpaired) electrons. The lowest BCUT2D eigenvalue weighted by molar-refractivity contribution is -0.123. The molecular weight excluding hydrogens is 236 g/mol. The highest BCUT2D eigenvalue weighted by molar-refractivity contribution is 9.10. The van der Waals surface area contributed by atoms with Gasteiger partial charge in [-0.15, -0.1) is 0 Å². The van der Waals surface area contributed by atoms with Crippen molar-refractivity contribution in [2.75, 3.05) is 0 Å². The number of nitrogens with zero attached hydrogens (tertiary/aromatic N) is 1. The van der Waals surface area contributed by atoms with Crippen LogP contribution in [0, 0.1) is 0 Å². The molecule has 1 aromatic heterocycles. The third kappa shape index (κ3) is 3.02. The van der Waals surface area contributed by atoms with Crippen LogP contribution in [0.5, 0.6) is 5.75 Å². The van der Waals surface area contributed by atoms with E-state index in [1.165, 1.54) is 6.20 Å². The molecule has 2 N–H and O–H groups in total. The fourth-order valence-electron chi connectivity index (χ4n) is 0.694. The van der Waals surface area contributed by atoms with Crippen molar-refractivity contribution < 1.29 is 9.53 Å². The van der Waals surface area contributed by atoms with Crippen LogP contribution in [0.1, 0.15) is 6.92 Å². The van der Waals surface area contributed by atoms with E-state index < -0.39 is 12.0 Å². The predicted octanol–water partition coefficient (Wildman–Crippen LogP) is 1.10. The Morgan fingerprint density at radius 2 is 2.38 bits per heavy atom. The van der Waals surface area contributed by atoms with E-state index in [-0.39, 0.29) is 0 Å². The van der Waals surface area contributed by atoms with E-state index in [2.05, 4.69) is 20.9 Å². The number of hydrogen-bond acceptors (Lipinski definition) is 3. The number of halogens is 1. The minimum Gasteiger partial charge on any atom is -0.479 e. The fraction of sp³-hybridized carbons (Fsp3) is 0.250. The molecule has 1 aromatic rings. The van der Waals surface area contributed by atoms with Gasteiger partial charge in [-0.05, 0) is 35.0 Å². The molecule has 5 heteroatoms. The quantitative estimate of drug-likeness (QED) is 0.811. The molecule has 0 aliphatic carbocycles. The number of pyridine rings is 1. The number of rotatable bonds is 3. The van der Waals surface area contributed by atoms with Gasteiger partial charge in [-0.2, -0.15) is 0 Å². The van der Waals surface area contributed by atoms with Gasteiger partial charge in [0.1, 0.15) is 10.4 Å². The lowest BCUT2D eigenvalue weighted by Gasteiger charge is -2.09. The topological polar surface area (TPSA) is 65.2 Å². The van der Waals surface area contributed by atoms with Crippen molar-refractivity contribution in [3.8, 4) is 5.75 Å². The molecule has 1 amide bonds. The molecule has 1 atom stereocenters. The van der Waals surface area contributed by atoms with Gasteiger partial charge < -0.3 is 10.5 Å². The third-order valence-electron chi connectivity index (χ3n) is 1.41. The molecule has 0 saturated heterocycles. The summed E-state index contributed by atoms with van der Waals surface area (Å²) in [5.41, 5.74) is 5.02. The van der Waals surface area contributed by atoms with E-state index in [0.717, 1.165) is 0 Å². The van der Waals surface area contributed by atoms with Gasteiger partial charge in [0.25, 0.3) is 5.91 Å². The maximum Gasteiger partial charge on any atom is 0.258 e. The normalized spacial score (nSPS) is 12.2. The molecule has 4 nitrogen and oxygen atoms in total. The lowest BCUT2D eigenvalue weighted by Crippen LogP contribution is -2.30. The maximum absolute atomic E-state index is 10.6. The van der Waals surface area contributed by atoms with Crippen LogP contribution in [-0.2, 0) is 4.79 Å². The summed E-state index contributed by atoms with van der Waals surface area (Å²) in [5, 5.41) is 0. The molecule has 0 fully saturated rings. The van der Waals surface area contributed by atoms with E-state index in [1.54, 1.807) is 19.1 Å². The zero-order valence-electron chi connectivity index (χ0n) is 7.03. The van der Waals surface area contributed by atoms with Gasteiger partial charge >= 0.3 is 0 Å². The summed E-state index contributed by atoms with van der Waals surface area (Å²) in [6, 6.07) is 3.43. The van der Waals surface area contributed by atoms with Gasteiger partial charge in [-0.25, -0.2) is 4.98 Å². The minimum absolute atomic E-state index is 0.497. The van der Waals surface area contributed by atoms with Crippen LogP contribution in [0.25, 0.3) is 0 Å². The Balaban J connectivity index is 2.64. The van der Waals surface area contributed by atoms with Crippen LogP contribution in [0.2, 0.25) is 0 Å². The molecule has 1 rings (SSSR count). The molecule has 1 unspecified atom stereocenters.